The summed E-state index contributed by atoms with van der Waals surface area (Å²) in [5.41, 5.74) is -0.792. The van der Waals surface area contributed by atoms with Crippen molar-refractivity contribution in [1.82, 2.24) is 25.1 Å². The lowest BCUT2D eigenvalue weighted by Crippen LogP contribution is -2.47. The molecule has 0 spiro atoms. The van der Waals surface area contributed by atoms with Gasteiger partial charge in [0.25, 0.3) is 0 Å². The van der Waals surface area contributed by atoms with Crippen LogP contribution in [0.25, 0.3) is 0 Å². The number of carboxylic acid groups (broad SMARTS) is 1. The average Bonchev–Trinajstić information content (AvgIpc) is 2.76. The Hall–Kier alpha value is -1.50. The summed E-state index contributed by atoms with van der Waals surface area (Å²) in [7, 11) is 1.69. The highest BCUT2D eigenvalue weighted by Crippen LogP contribution is 2.29. The number of carbonyl (C=O) groups is 1. The van der Waals surface area contributed by atoms with E-state index >= 15 is 0 Å². The molecule has 88 valence electrons. The molecule has 0 bridgehead atoms. The van der Waals surface area contributed by atoms with E-state index in [1.807, 2.05) is 4.90 Å². The van der Waals surface area contributed by atoms with E-state index in [2.05, 4.69) is 15.4 Å². The minimum Gasteiger partial charge on any atom is -0.480 e. The van der Waals surface area contributed by atoms with Gasteiger partial charge in [-0.15, -0.1) is 10.2 Å². The fourth-order valence-corrected chi connectivity index (χ4v) is 2.07. The van der Waals surface area contributed by atoms with Crippen LogP contribution in [-0.4, -0.2) is 48.3 Å². The van der Waals surface area contributed by atoms with Crippen molar-refractivity contribution in [2.45, 2.75) is 31.8 Å². The van der Waals surface area contributed by atoms with Gasteiger partial charge in [-0.3, -0.25) is 9.69 Å². The monoisotopic (exact) mass is 225 g/mol. The van der Waals surface area contributed by atoms with Gasteiger partial charge in [0.15, 0.2) is 5.82 Å². The summed E-state index contributed by atoms with van der Waals surface area (Å²) in [6.45, 7) is 2.95. The molecule has 1 N–H and O–H groups in total. The molecule has 1 unspecified atom stereocenters. The molecule has 16 heavy (non-hydrogen) atoms. The molecule has 1 aliphatic heterocycles. The van der Waals surface area contributed by atoms with Crippen LogP contribution < -0.4 is 0 Å². The number of aryl methyl sites for hydroxylation is 1. The predicted molar refractivity (Wildman–Crippen MR) is 54.5 cm³/mol. The Kier molecular flexibility index (Phi) is 2.63. The molecule has 7 nitrogen and oxygen atoms in total. The van der Waals surface area contributed by atoms with Crippen LogP contribution in [0.1, 0.15) is 25.6 Å². The van der Waals surface area contributed by atoms with E-state index in [4.69, 9.17) is 0 Å². The number of aromatic nitrogens is 4. The first-order valence-electron chi connectivity index (χ1n) is 5.24. The number of tetrazole rings is 1. The van der Waals surface area contributed by atoms with Gasteiger partial charge >= 0.3 is 5.97 Å². The molecule has 1 aromatic rings. The maximum atomic E-state index is 11.2. The van der Waals surface area contributed by atoms with Gasteiger partial charge in [-0.1, -0.05) is 0 Å². The van der Waals surface area contributed by atoms with Crippen molar-refractivity contribution in [3.05, 3.63) is 5.82 Å². The molecule has 0 saturated carbocycles. The first kappa shape index (κ1) is 11.0. The second kappa shape index (κ2) is 3.82. The van der Waals surface area contributed by atoms with E-state index in [1.54, 1.807) is 14.0 Å². The van der Waals surface area contributed by atoms with Crippen molar-refractivity contribution < 1.29 is 9.90 Å². The number of hydrogen-bond donors (Lipinski definition) is 1. The summed E-state index contributed by atoms with van der Waals surface area (Å²) in [6, 6.07) is 0. The summed E-state index contributed by atoms with van der Waals surface area (Å²) in [6.07, 6.45) is 1.56. The number of likely N-dealkylation sites (tertiary alicyclic amines) is 1. The van der Waals surface area contributed by atoms with Crippen LogP contribution in [0.5, 0.6) is 0 Å². The third-order valence-electron chi connectivity index (χ3n) is 3.13. The number of rotatable bonds is 3. The SMILES string of the molecule is Cn1nnc(CN2CCCC2(C)C(=O)O)n1. The Bertz CT molecular complexity index is 404. The van der Waals surface area contributed by atoms with Crippen molar-refractivity contribution >= 4 is 5.97 Å². The molecule has 1 aliphatic rings. The van der Waals surface area contributed by atoms with Gasteiger partial charge in [-0.25, -0.2) is 0 Å². The highest BCUT2D eigenvalue weighted by molar-refractivity contribution is 5.78. The van der Waals surface area contributed by atoms with Crippen LogP contribution in [0.2, 0.25) is 0 Å². The number of nitrogens with zero attached hydrogens (tertiary/aromatic N) is 5. The summed E-state index contributed by atoms with van der Waals surface area (Å²) in [5, 5.41) is 20.9. The van der Waals surface area contributed by atoms with E-state index in [-0.39, 0.29) is 0 Å². The van der Waals surface area contributed by atoms with Crippen molar-refractivity contribution in [3.8, 4) is 0 Å². The third kappa shape index (κ3) is 1.78. The molecule has 2 heterocycles. The van der Waals surface area contributed by atoms with Crippen LogP contribution in [-0.2, 0) is 18.4 Å². The zero-order valence-corrected chi connectivity index (χ0v) is 9.42. The van der Waals surface area contributed by atoms with Crippen LogP contribution in [0.4, 0.5) is 0 Å². The normalized spacial score (nSPS) is 26.1. The minimum atomic E-state index is -0.792. The van der Waals surface area contributed by atoms with Crippen LogP contribution in [0, 0.1) is 0 Å². The fourth-order valence-electron chi connectivity index (χ4n) is 2.07. The second-order valence-corrected chi connectivity index (χ2v) is 4.30. The summed E-state index contributed by atoms with van der Waals surface area (Å²) in [4.78, 5) is 14.5. The lowest BCUT2D eigenvalue weighted by Gasteiger charge is -2.29. The maximum absolute atomic E-state index is 11.2. The molecule has 0 aliphatic carbocycles. The molecular weight excluding hydrogens is 210 g/mol. The highest BCUT2D eigenvalue weighted by Gasteiger charge is 2.43. The maximum Gasteiger partial charge on any atom is 0.323 e. The van der Waals surface area contributed by atoms with Gasteiger partial charge in [-0.2, -0.15) is 4.80 Å². The molecule has 2 rings (SSSR count). The molecule has 1 aromatic heterocycles. The van der Waals surface area contributed by atoms with E-state index in [1.165, 1.54) is 4.80 Å². The van der Waals surface area contributed by atoms with Gasteiger partial charge in [0, 0.05) is 0 Å². The van der Waals surface area contributed by atoms with E-state index in [9.17, 15) is 9.90 Å². The van der Waals surface area contributed by atoms with Gasteiger partial charge in [-0.05, 0) is 31.5 Å². The molecule has 0 amide bonds. The molecule has 0 radical (unpaired) electrons. The molecule has 1 saturated heterocycles. The van der Waals surface area contributed by atoms with Crippen molar-refractivity contribution in [1.29, 1.82) is 0 Å². The Morgan fingerprint density at radius 1 is 1.62 bits per heavy atom. The smallest absolute Gasteiger partial charge is 0.323 e. The topological polar surface area (TPSA) is 84.1 Å². The van der Waals surface area contributed by atoms with E-state index in [0.29, 0.717) is 18.8 Å². The third-order valence-corrected chi connectivity index (χ3v) is 3.13. The highest BCUT2D eigenvalue weighted by atomic mass is 16.4. The summed E-state index contributed by atoms with van der Waals surface area (Å²) >= 11 is 0. The van der Waals surface area contributed by atoms with Crippen molar-refractivity contribution in [3.63, 3.8) is 0 Å². The second-order valence-electron chi connectivity index (χ2n) is 4.30. The quantitative estimate of drug-likeness (QED) is 0.757. The Balaban J connectivity index is 2.12. The fraction of sp³-hybridized carbons (Fsp3) is 0.778. The van der Waals surface area contributed by atoms with Crippen molar-refractivity contribution in [2.24, 2.45) is 7.05 Å². The van der Waals surface area contributed by atoms with Crippen molar-refractivity contribution in [2.75, 3.05) is 6.54 Å². The first-order chi connectivity index (χ1) is 7.52. The Morgan fingerprint density at radius 2 is 2.38 bits per heavy atom. The van der Waals surface area contributed by atoms with Gasteiger partial charge in [0.1, 0.15) is 5.54 Å². The number of hydrogen-bond acceptors (Lipinski definition) is 5. The Labute approximate surface area is 93.0 Å². The predicted octanol–water partition coefficient (Wildman–Crippen LogP) is -0.351. The zero-order chi connectivity index (χ0) is 11.8. The molecule has 0 aromatic carbocycles. The molecule has 7 heteroatoms. The number of carboxylic acids is 1. The molecular formula is C9H15N5O2. The van der Waals surface area contributed by atoms with Gasteiger partial charge in [0.05, 0.1) is 13.6 Å². The minimum absolute atomic E-state index is 0.441. The van der Waals surface area contributed by atoms with Gasteiger partial charge in [0.2, 0.25) is 0 Å². The Morgan fingerprint density at radius 3 is 2.94 bits per heavy atom. The van der Waals surface area contributed by atoms with E-state index < -0.39 is 11.5 Å². The van der Waals surface area contributed by atoms with Crippen LogP contribution in [0.3, 0.4) is 0 Å². The molecule has 1 fully saturated rings. The standard InChI is InChI=1S/C9H15N5O2/c1-9(8(15)16)4-3-5-14(9)6-7-10-12-13(2)11-7/h3-6H2,1-2H3,(H,15,16). The van der Waals surface area contributed by atoms with Crippen LogP contribution in [0.15, 0.2) is 0 Å². The average molecular weight is 225 g/mol. The zero-order valence-electron chi connectivity index (χ0n) is 9.42. The lowest BCUT2D eigenvalue weighted by atomic mass is 9.99. The largest absolute Gasteiger partial charge is 0.480 e. The summed E-state index contributed by atoms with van der Waals surface area (Å²) in [5.74, 6) is -0.217. The van der Waals surface area contributed by atoms with Crippen LogP contribution >= 0.6 is 0 Å². The first-order valence-corrected chi connectivity index (χ1v) is 5.24. The number of aliphatic carboxylic acids is 1. The molecule has 1 atom stereocenters. The van der Waals surface area contributed by atoms with Gasteiger partial charge < -0.3 is 5.11 Å². The lowest BCUT2D eigenvalue weighted by molar-refractivity contribution is -0.149. The van der Waals surface area contributed by atoms with E-state index in [0.717, 1.165) is 13.0 Å². The summed E-state index contributed by atoms with van der Waals surface area (Å²) < 4.78 is 0.